The summed E-state index contributed by atoms with van der Waals surface area (Å²) >= 11 is 0. The van der Waals surface area contributed by atoms with Crippen LogP contribution < -0.4 is 4.52 Å². The first kappa shape index (κ1) is 17.0. The summed E-state index contributed by atoms with van der Waals surface area (Å²) in [6, 6.07) is 0. The fraction of sp³-hybridized carbons (Fsp3) is 0.375. The Balaban J connectivity index is 0.00000256. The Morgan fingerprint density at radius 2 is 1.94 bits per heavy atom. The number of hydrogen-bond acceptors (Lipinski definition) is 5. The van der Waals surface area contributed by atoms with Crippen LogP contribution in [0.3, 0.4) is 0 Å². The molecule has 91 valence electrons. The third kappa shape index (κ3) is 4.65. The Hall–Kier alpha value is 0.0200. The molecule has 0 saturated heterocycles. The molecular weight excluding hydrogens is 260 g/mol. The number of aliphatic hydroxyl groups excluding tert-OH is 2. The van der Waals surface area contributed by atoms with Crippen molar-refractivity contribution in [3.8, 4) is 5.75 Å². The summed E-state index contributed by atoms with van der Waals surface area (Å²) in [5, 5.41) is 18.0. The zero-order chi connectivity index (χ0) is 12.3. The molecule has 0 fully saturated rings. The van der Waals surface area contributed by atoms with Crippen LogP contribution in [0.2, 0.25) is 0 Å². The maximum absolute atomic E-state index is 10.7. The van der Waals surface area contributed by atoms with Gasteiger partial charge in [-0.25, -0.2) is 4.57 Å². The van der Waals surface area contributed by atoms with E-state index in [1.54, 1.807) is 0 Å². The molecule has 0 saturated carbocycles. The van der Waals surface area contributed by atoms with Crippen molar-refractivity contribution in [3.63, 3.8) is 0 Å². The van der Waals surface area contributed by atoms with Crippen LogP contribution in [0.4, 0.5) is 0 Å². The van der Waals surface area contributed by atoms with Crippen molar-refractivity contribution in [2.45, 2.75) is 20.1 Å². The van der Waals surface area contributed by atoms with E-state index in [1.807, 2.05) is 0 Å². The number of phosphoric ester groups is 1. The number of phosphoric acid groups is 1. The quantitative estimate of drug-likeness (QED) is 0.429. The Kier molecular flexibility index (Phi) is 6.83. The molecule has 0 aliphatic heterocycles. The Morgan fingerprint density at radius 1 is 1.35 bits per heavy atom. The summed E-state index contributed by atoms with van der Waals surface area (Å²) in [7, 11) is -4.72. The number of pyridine rings is 1. The molecule has 0 aliphatic rings. The van der Waals surface area contributed by atoms with E-state index in [0.717, 1.165) is 0 Å². The minimum absolute atomic E-state index is 0. The van der Waals surface area contributed by atoms with Gasteiger partial charge in [0.25, 0.3) is 0 Å². The molecule has 1 rings (SSSR count). The van der Waals surface area contributed by atoms with Crippen LogP contribution >= 0.6 is 7.82 Å². The molecule has 9 heteroatoms. The van der Waals surface area contributed by atoms with Gasteiger partial charge in [-0.3, -0.25) is 14.8 Å². The van der Waals surface area contributed by atoms with Gasteiger partial charge in [0.1, 0.15) is 0 Å². The second kappa shape index (κ2) is 6.82. The molecule has 0 aliphatic carbocycles. The standard InChI is InChI=1S/C8H12NO6P.Na/c1-5-8(15-16(12,13)14)7(4-11)6(3-10)2-9-5;/h2,10-11H,3-4H2,1H3,(H2,12,13,14);. The van der Waals surface area contributed by atoms with E-state index in [1.165, 1.54) is 13.1 Å². The Bertz CT molecular complexity index is 434. The molecule has 0 spiro atoms. The molecule has 0 atom stereocenters. The summed E-state index contributed by atoms with van der Waals surface area (Å²) in [5.74, 6) is -0.192. The van der Waals surface area contributed by atoms with Crippen molar-refractivity contribution < 1.29 is 29.1 Å². The first-order valence-electron chi connectivity index (χ1n) is 4.33. The zero-order valence-electron chi connectivity index (χ0n) is 9.49. The minimum atomic E-state index is -4.72. The van der Waals surface area contributed by atoms with Gasteiger partial charge in [-0.05, 0) is 6.92 Å². The van der Waals surface area contributed by atoms with E-state index >= 15 is 0 Å². The van der Waals surface area contributed by atoms with E-state index in [4.69, 9.17) is 20.0 Å². The van der Waals surface area contributed by atoms with Crippen molar-refractivity contribution in [2.24, 2.45) is 0 Å². The van der Waals surface area contributed by atoms with Crippen LogP contribution in [0.25, 0.3) is 0 Å². The average Bonchev–Trinajstić information content (AvgIpc) is 2.19. The van der Waals surface area contributed by atoms with E-state index in [0.29, 0.717) is 0 Å². The minimum Gasteiger partial charge on any atom is -0.402 e. The van der Waals surface area contributed by atoms with Crippen LogP contribution in [0.5, 0.6) is 5.75 Å². The molecule has 7 nitrogen and oxygen atoms in total. The molecule has 1 aromatic heterocycles. The first-order valence-corrected chi connectivity index (χ1v) is 5.86. The molecule has 1 aromatic rings. The van der Waals surface area contributed by atoms with Gasteiger partial charge in [0.05, 0.1) is 18.9 Å². The van der Waals surface area contributed by atoms with E-state index < -0.39 is 21.0 Å². The van der Waals surface area contributed by atoms with Gasteiger partial charge in [0.2, 0.25) is 0 Å². The second-order valence-electron chi connectivity index (χ2n) is 3.07. The summed E-state index contributed by atoms with van der Waals surface area (Å²) in [4.78, 5) is 21.2. The van der Waals surface area contributed by atoms with Gasteiger partial charge in [-0.1, -0.05) is 0 Å². The molecule has 4 N–H and O–H groups in total. The van der Waals surface area contributed by atoms with Crippen molar-refractivity contribution in [1.29, 1.82) is 0 Å². The fourth-order valence-corrected chi connectivity index (χ4v) is 1.71. The van der Waals surface area contributed by atoms with E-state index in [-0.39, 0.29) is 52.1 Å². The molecule has 1 heterocycles. The SMILES string of the molecule is Cc1ncc(CO)c(CO)c1OP(=O)(O)O.[Na]. The molecular formula is C8H12NNaO6P. The smallest absolute Gasteiger partial charge is 0.402 e. The monoisotopic (exact) mass is 272 g/mol. The van der Waals surface area contributed by atoms with Gasteiger partial charge < -0.3 is 14.7 Å². The van der Waals surface area contributed by atoms with Crippen LogP contribution in [-0.4, -0.2) is 54.5 Å². The van der Waals surface area contributed by atoms with Gasteiger partial charge >= 0.3 is 7.82 Å². The predicted octanol–water partition coefficient (Wildman–Crippen LogP) is -0.535. The number of aryl methyl sites for hydroxylation is 1. The molecule has 1 radical (unpaired) electrons. The van der Waals surface area contributed by atoms with Gasteiger partial charge in [0, 0.05) is 46.9 Å². The summed E-state index contributed by atoms with van der Waals surface area (Å²) < 4.78 is 15.2. The van der Waals surface area contributed by atoms with Crippen LogP contribution in [0.1, 0.15) is 16.8 Å². The number of nitrogens with zero attached hydrogens (tertiary/aromatic N) is 1. The summed E-state index contributed by atoms with van der Waals surface area (Å²) in [6.07, 6.45) is 1.31. The van der Waals surface area contributed by atoms with Gasteiger partial charge in [0.15, 0.2) is 5.75 Å². The normalized spacial score (nSPS) is 10.9. The summed E-state index contributed by atoms with van der Waals surface area (Å²) in [5.41, 5.74) is 0.611. The topological polar surface area (TPSA) is 120 Å². The molecule has 17 heavy (non-hydrogen) atoms. The third-order valence-electron chi connectivity index (χ3n) is 1.94. The summed E-state index contributed by atoms with van der Waals surface area (Å²) in [6.45, 7) is 0.570. The number of aliphatic hydroxyl groups is 2. The van der Waals surface area contributed by atoms with Gasteiger partial charge in [-0.15, -0.1) is 0 Å². The van der Waals surface area contributed by atoms with Crippen LogP contribution in [0.15, 0.2) is 6.20 Å². The zero-order valence-corrected chi connectivity index (χ0v) is 12.4. The van der Waals surface area contributed by atoms with Gasteiger partial charge in [-0.2, -0.15) is 0 Å². The number of rotatable bonds is 4. The fourth-order valence-electron chi connectivity index (χ4n) is 1.23. The molecule has 0 bridgehead atoms. The number of hydrogen-bond donors (Lipinski definition) is 4. The average molecular weight is 272 g/mol. The molecule has 0 unspecified atom stereocenters. The van der Waals surface area contributed by atoms with Crippen molar-refractivity contribution >= 4 is 37.4 Å². The molecule has 0 amide bonds. The second-order valence-corrected chi connectivity index (χ2v) is 4.24. The van der Waals surface area contributed by atoms with Crippen molar-refractivity contribution in [3.05, 3.63) is 23.0 Å². The third-order valence-corrected chi connectivity index (χ3v) is 2.36. The number of aromatic nitrogens is 1. The van der Waals surface area contributed by atoms with Crippen molar-refractivity contribution in [1.82, 2.24) is 4.98 Å². The van der Waals surface area contributed by atoms with E-state index in [9.17, 15) is 4.57 Å². The maximum atomic E-state index is 10.7. The first-order chi connectivity index (χ1) is 7.39. The molecule has 0 aromatic carbocycles. The van der Waals surface area contributed by atoms with E-state index in [2.05, 4.69) is 9.51 Å². The van der Waals surface area contributed by atoms with Crippen LogP contribution in [0, 0.1) is 6.92 Å². The Labute approximate surface area is 120 Å². The maximum Gasteiger partial charge on any atom is 0.524 e. The largest absolute Gasteiger partial charge is 0.524 e. The predicted molar refractivity (Wildman–Crippen MR) is 59.2 cm³/mol. The van der Waals surface area contributed by atoms with Crippen LogP contribution in [-0.2, 0) is 17.8 Å². The Morgan fingerprint density at radius 3 is 2.35 bits per heavy atom. The van der Waals surface area contributed by atoms with Crippen molar-refractivity contribution in [2.75, 3.05) is 0 Å².